The summed E-state index contributed by atoms with van der Waals surface area (Å²) in [5, 5.41) is 2.50. The number of benzene rings is 6. The van der Waals surface area contributed by atoms with Crippen molar-refractivity contribution >= 4 is 31.5 Å². The van der Waals surface area contributed by atoms with Gasteiger partial charge in [-0.25, -0.2) is 0 Å². The van der Waals surface area contributed by atoms with Crippen LogP contribution in [0.2, 0.25) is 0 Å². The van der Waals surface area contributed by atoms with E-state index in [9.17, 15) is 0 Å². The molecule has 8 aromatic rings. The molecule has 1 aliphatic rings. The molecule has 0 radical (unpaired) electrons. The first kappa shape index (κ1) is 24.3. The second-order valence-electron chi connectivity index (χ2n) is 11.1. The average Bonchev–Trinajstić information content (AvgIpc) is 3.47. The Balaban J connectivity index is 1.19. The summed E-state index contributed by atoms with van der Waals surface area (Å²) in [7, 11) is 0. The zero-order chi connectivity index (χ0) is 28.3. The van der Waals surface area contributed by atoms with Gasteiger partial charge in [0.15, 0.2) is 0 Å². The lowest BCUT2D eigenvalue weighted by atomic mass is 9.80. The summed E-state index contributed by atoms with van der Waals surface area (Å²) in [5.41, 5.74) is 15.1. The fourth-order valence-electron chi connectivity index (χ4n) is 6.75. The Bertz CT molecular complexity index is 2340. The fraction of sp³-hybridized carbons (Fsp3) is 0. The molecule has 0 N–H and O–H groups in total. The number of thiophene rings is 1. The molecule has 0 atom stereocenters. The highest BCUT2D eigenvalue weighted by Gasteiger charge is 2.21. The van der Waals surface area contributed by atoms with Crippen molar-refractivity contribution in [3.8, 4) is 66.8 Å². The van der Waals surface area contributed by atoms with E-state index < -0.39 is 0 Å². The highest BCUT2D eigenvalue weighted by molar-refractivity contribution is 7.26. The second-order valence-corrected chi connectivity index (χ2v) is 12.2. The molecular formula is C41H25NS. The Hall–Kier alpha value is -5.31. The van der Waals surface area contributed by atoms with Crippen LogP contribution in [-0.2, 0) is 0 Å². The maximum absolute atomic E-state index is 4.37. The van der Waals surface area contributed by atoms with E-state index in [1.165, 1.54) is 86.9 Å². The smallest absolute Gasteiger partial charge is 0.0434 e. The molecule has 0 spiro atoms. The van der Waals surface area contributed by atoms with Gasteiger partial charge >= 0.3 is 0 Å². The van der Waals surface area contributed by atoms with Crippen molar-refractivity contribution in [2.24, 2.45) is 0 Å². The van der Waals surface area contributed by atoms with E-state index in [4.69, 9.17) is 0 Å². The number of nitrogens with zero attached hydrogens (tertiary/aromatic N) is 1. The molecule has 0 fully saturated rings. The molecule has 200 valence electrons. The van der Waals surface area contributed by atoms with Gasteiger partial charge in [0.1, 0.15) is 0 Å². The van der Waals surface area contributed by atoms with E-state index >= 15 is 0 Å². The van der Waals surface area contributed by atoms with Crippen LogP contribution in [0.4, 0.5) is 0 Å². The molecule has 43 heavy (non-hydrogen) atoms. The Labute approximate surface area is 254 Å². The zero-order valence-corrected chi connectivity index (χ0v) is 24.1. The number of hydrogen-bond donors (Lipinski definition) is 0. The van der Waals surface area contributed by atoms with Gasteiger partial charge in [-0.3, -0.25) is 4.98 Å². The summed E-state index contributed by atoms with van der Waals surface area (Å²) in [6.07, 6.45) is 3.86. The quantitative estimate of drug-likeness (QED) is 0.204. The first-order chi connectivity index (χ1) is 21.3. The number of rotatable bonds is 2. The van der Waals surface area contributed by atoms with Gasteiger partial charge < -0.3 is 0 Å². The topological polar surface area (TPSA) is 12.9 Å². The lowest BCUT2D eigenvalue weighted by molar-refractivity contribution is 1.37. The summed E-state index contributed by atoms with van der Waals surface area (Å²) in [5.74, 6) is 0. The van der Waals surface area contributed by atoms with Crippen LogP contribution < -0.4 is 0 Å². The molecule has 0 bridgehead atoms. The Morgan fingerprint density at radius 3 is 1.51 bits per heavy atom. The first-order valence-corrected chi connectivity index (χ1v) is 15.4. The van der Waals surface area contributed by atoms with Crippen molar-refractivity contribution in [3.05, 3.63) is 152 Å². The summed E-state index contributed by atoms with van der Waals surface area (Å²) >= 11 is 1.85. The number of aromatic nitrogens is 1. The fourth-order valence-corrected chi connectivity index (χ4v) is 7.96. The third-order valence-corrected chi connectivity index (χ3v) is 10.0. The monoisotopic (exact) mass is 563 g/mol. The summed E-state index contributed by atoms with van der Waals surface area (Å²) in [6.45, 7) is 0. The van der Waals surface area contributed by atoms with E-state index in [0.717, 1.165) is 0 Å². The van der Waals surface area contributed by atoms with Gasteiger partial charge in [-0.1, -0.05) is 127 Å². The Kier molecular flexibility index (Phi) is 5.44. The molecule has 0 saturated heterocycles. The Morgan fingerprint density at radius 2 is 0.884 bits per heavy atom. The largest absolute Gasteiger partial charge is 0.264 e. The normalized spacial score (nSPS) is 11.7. The highest BCUT2D eigenvalue weighted by atomic mass is 32.1. The van der Waals surface area contributed by atoms with Crippen molar-refractivity contribution in [3.63, 3.8) is 0 Å². The van der Waals surface area contributed by atoms with Crippen molar-refractivity contribution in [2.45, 2.75) is 0 Å². The van der Waals surface area contributed by atoms with Crippen LogP contribution in [0.25, 0.3) is 86.9 Å². The van der Waals surface area contributed by atoms with Crippen molar-refractivity contribution in [1.29, 1.82) is 0 Å². The van der Waals surface area contributed by atoms with E-state index in [1.54, 1.807) is 0 Å². The van der Waals surface area contributed by atoms with Crippen LogP contribution in [0.1, 0.15) is 0 Å². The van der Waals surface area contributed by atoms with Gasteiger partial charge in [0.05, 0.1) is 0 Å². The minimum Gasteiger partial charge on any atom is -0.264 e. The molecule has 2 aromatic heterocycles. The molecule has 9 rings (SSSR count). The minimum absolute atomic E-state index is 1.22. The standard InChI is InChI=1S/C41H25NS/c1-2-9-31-30(8-1)32-10-3-4-12-34(32)36-21-20-28(24-38(36)35-13-6-5-11-33(31)35)26-16-18-27(19-17-26)29-14-7-15-37-39-25-42-23-22-40(39)43-41(29)37/h1-25H. The lowest BCUT2D eigenvalue weighted by Gasteiger charge is -2.23. The molecule has 0 aliphatic heterocycles. The van der Waals surface area contributed by atoms with Crippen molar-refractivity contribution < 1.29 is 0 Å². The molecular weight excluding hydrogens is 539 g/mol. The minimum atomic E-state index is 1.22. The van der Waals surface area contributed by atoms with Crippen LogP contribution in [0, 0.1) is 0 Å². The van der Waals surface area contributed by atoms with Crippen LogP contribution >= 0.6 is 11.3 Å². The average molecular weight is 564 g/mol. The van der Waals surface area contributed by atoms with Crippen LogP contribution in [0.5, 0.6) is 0 Å². The maximum atomic E-state index is 4.37. The first-order valence-electron chi connectivity index (χ1n) is 14.6. The Morgan fingerprint density at radius 1 is 0.372 bits per heavy atom. The highest BCUT2D eigenvalue weighted by Crippen LogP contribution is 2.48. The van der Waals surface area contributed by atoms with E-state index in [-0.39, 0.29) is 0 Å². The third-order valence-electron chi connectivity index (χ3n) is 8.79. The molecule has 0 amide bonds. The van der Waals surface area contributed by atoms with Gasteiger partial charge in [-0.05, 0) is 78.9 Å². The van der Waals surface area contributed by atoms with E-state index in [2.05, 4.69) is 145 Å². The van der Waals surface area contributed by atoms with Gasteiger partial charge in [0.25, 0.3) is 0 Å². The summed E-state index contributed by atoms with van der Waals surface area (Å²) in [4.78, 5) is 4.37. The molecule has 1 aliphatic carbocycles. The van der Waals surface area contributed by atoms with Gasteiger partial charge in [-0.15, -0.1) is 11.3 Å². The summed E-state index contributed by atoms with van der Waals surface area (Å²) < 4.78 is 2.59. The van der Waals surface area contributed by atoms with Crippen LogP contribution in [0.15, 0.2) is 152 Å². The van der Waals surface area contributed by atoms with Crippen LogP contribution in [0.3, 0.4) is 0 Å². The van der Waals surface area contributed by atoms with Gasteiger partial charge in [0, 0.05) is 32.6 Å². The number of pyridine rings is 1. The summed E-state index contributed by atoms with van der Waals surface area (Å²) in [6, 6.07) is 51.2. The molecule has 2 heterocycles. The number of fused-ring (bicyclic) bond motifs is 11. The molecule has 0 saturated carbocycles. The second kappa shape index (κ2) is 9.62. The van der Waals surface area contributed by atoms with Crippen molar-refractivity contribution in [2.75, 3.05) is 0 Å². The zero-order valence-electron chi connectivity index (χ0n) is 23.3. The maximum Gasteiger partial charge on any atom is 0.0434 e. The van der Waals surface area contributed by atoms with Crippen LogP contribution in [-0.4, -0.2) is 4.98 Å². The van der Waals surface area contributed by atoms with Gasteiger partial charge in [-0.2, -0.15) is 0 Å². The van der Waals surface area contributed by atoms with Gasteiger partial charge in [0.2, 0.25) is 0 Å². The molecule has 2 heteroatoms. The molecule has 0 unspecified atom stereocenters. The SMILES string of the molecule is c1ccc2c(c1)-c1ccccc1-c1ccc(-c3ccc(-c4cccc5c4sc4ccncc45)cc3)cc1-c1ccccc1-2. The third kappa shape index (κ3) is 3.81. The van der Waals surface area contributed by atoms with E-state index in [0.29, 0.717) is 0 Å². The number of hydrogen-bond acceptors (Lipinski definition) is 2. The predicted octanol–water partition coefficient (Wildman–Crippen LogP) is 11.8. The molecule has 6 aromatic carbocycles. The lowest BCUT2D eigenvalue weighted by Crippen LogP contribution is -1.97. The molecule has 1 nitrogen and oxygen atoms in total. The van der Waals surface area contributed by atoms with Crippen molar-refractivity contribution in [1.82, 2.24) is 4.98 Å². The predicted molar refractivity (Wildman–Crippen MR) is 183 cm³/mol. The van der Waals surface area contributed by atoms with E-state index in [1.807, 2.05) is 23.7 Å².